The monoisotopic (exact) mass is 274 g/mol. The minimum absolute atomic E-state index is 0.223. The van der Waals surface area contributed by atoms with Crippen LogP contribution in [0.2, 0.25) is 0 Å². The van der Waals surface area contributed by atoms with Crippen molar-refractivity contribution in [3.63, 3.8) is 0 Å². The van der Waals surface area contributed by atoms with Gasteiger partial charge in [-0.1, -0.05) is 13.8 Å². The van der Waals surface area contributed by atoms with Crippen molar-refractivity contribution in [2.75, 3.05) is 18.0 Å². The number of anilines is 1. The quantitative estimate of drug-likeness (QED) is 0.911. The van der Waals surface area contributed by atoms with Crippen molar-refractivity contribution in [2.24, 2.45) is 11.8 Å². The van der Waals surface area contributed by atoms with E-state index in [1.807, 2.05) is 0 Å². The van der Waals surface area contributed by atoms with Crippen molar-refractivity contribution in [1.82, 2.24) is 4.98 Å². The minimum Gasteiger partial charge on any atom is -0.478 e. The lowest BCUT2D eigenvalue weighted by Gasteiger charge is -2.33. The number of carboxylic acids is 1. The number of aromatic carboxylic acids is 1. The second-order valence-corrected chi connectivity index (χ2v) is 5.84. The average Bonchev–Trinajstić information content (AvgIpc) is 2.80. The number of nitrogens with zero attached hydrogens (tertiary/aromatic N) is 2. The van der Waals surface area contributed by atoms with Gasteiger partial charge in [0.25, 0.3) is 6.01 Å². The number of aromatic nitrogens is 1. The molecule has 0 aliphatic carbocycles. The molecular weight excluding hydrogens is 256 g/mol. The normalized spacial score (nSPS) is 23.2. The van der Waals surface area contributed by atoms with Gasteiger partial charge in [-0.2, -0.15) is 4.98 Å². The zero-order chi connectivity index (χ0) is 14.3. The second kappa shape index (κ2) is 4.81. The van der Waals surface area contributed by atoms with Crippen molar-refractivity contribution in [3.8, 4) is 0 Å². The van der Waals surface area contributed by atoms with E-state index in [0.29, 0.717) is 29.0 Å². The summed E-state index contributed by atoms with van der Waals surface area (Å²) in [6.07, 6.45) is 1.22. The van der Waals surface area contributed by atoms with Crippen LogP contribution < -0.4 is 4.90 Å². The molecule has 3 rings (SSSR count). The van der Waals surface area contributed by atoms with E-state index in [9.17, 15) is 4.79 Å². The summed E-state index contributed by atoms with van der Waals surface area (Å²) in [5.74, 6) is 0.275. The smallest absolute Gasteiger partial charge is 0.335 e. The zero-order valence-electron chi connectivity index (χ0n) is 11.7. The number of rotatable bonds is 2. The number of carbonyl (C=O) groups is 1. The molecule has 106 valence electrons. The molecule has 1 aliphatic heterocycles. The summed E-state index contributed by atoms with van der Waals surface area (Å²) in [5, 5.41) is 9.00. The number of hydrogen-bond donors (Lipinski definition) is 1. The first-order valence-corrected chi connectivity index (χ1v) is 6.91. The Morgan fingerprint density at radius 1 is 1.35 bits per heavy atom. The summed E-state index contributed by atoms with van der Waals surface area (Å²) >= 11 is 0. The zero-order valence-corrected chi connectivity index (χ0v) is 11.7. The van der Waals surface area contributed by atoms with E-state index in [1.165, 1.54) is 12.5 Å². The number of benzene rings is 1. The molecule has 1 aliphatic rings. The highest BCUT2D eigenvalue weighted by Gasteiger charge is 2.25. The third kappa shape index (κ3) is 2.35. The van der Waals surface area contributed by atoms with Gasteiger partial charge in [-0.15, -0.1) is 0 Å². The molecule has 0 spiro atoms. The summed E-state index contributed by atoms with van der Waals surface area (Å²) in [6, 6.07) is 5.38. The molecule has 0 bridgehead atoms. The third-order valence-corrected chi connectivity index (χ3v) is 3.76. The number of hydrogen-bond acceptors (Lipinski definition) is 4. The predicted molar refractivity (Wildman–Crippen MR) is 76.1 cm³/mol. The molecule has 1 fully saturated rings. The first kappa shape index (κ1) is 13.0. The first-order valence-electron chi connectivity index (χ1n) is 6.91. The number of piperidine rings is 1. The summed E-state index contributed by atoms with van der Waals surface area (Å²) < 4.78 is 5.75. The number of oxazole rings is 1. The van der Waals surface area contributed by atoms with E-state index in [0.717, 1.165) is 13.1 Å². The van der Waals surface area contributed by atoms with Crippen molar-refractivity contribution < 1.29 is 14.3 Å². The summed E-state index contributed by atoms with van der Waals surface area (Å²) in [7, 11) is 0. The molecule has 0 amide bonds. The molecule has 2 heterocycles. The second-order valence-electron chi connectivity index (χ2n) is 5.84. The highest BCUT2D eigenvalue weighted by molar-refractivity contribution is 5.92. The first-order chi connectivity index (χ1) is 9.52. The van der Waals surface area contributed by atoms with E-state index in [1.54, 1.807) is 12.1 Å². The van der Waals surface area contributed by atoms with Gasteiger partial charge in [0.2, 0.25) is 0 Å². The molecule has 1 aromatic carbocycles. The van der Waals surface area contributed by atoms with Gasteiger partial charge in [0.05, 0.1) is 5.56 Å². The Morgan fingerprint density at radius 2 is 2.05 bits per heavy atom. The summed E-state index contributed by atoms with van der Waals surface area (Å²) in [5.41, 5.74) is 1.46. The van der Waals surface area contributed by atoms with Gasteiger partial charge in [0.15, 0.2) is 5.58 Å². The fraction of sp³-hybridized carbons (Fsp3) is 0.467. The maximum Gasteiger partial charge on any atom is 0.335 e. The third-order valence-electron chi connectivity index (χ3n) is 3.76. The molecular formula is C15H18N2O3. The highest BCUT2D eigenvalue weighted by Crippen LogP contribution is 2.28. The molecule has 5 heteroatoms. The largest absolute Gasteiger partial charge is 0.478 e. The molecule has 2 unspecified atom stereocenters. The van der Waals surface area contributed by atoms with Crippen molar-refractivity contribution >= 4 is 23.1 Å². The van der Waals surface area contributed by atoms with Gasteiger partial charge in [0.1, 0.15) is 5.52 Å². The lowest BCUT2D eigenvalue weighted by atomic mass is 9.92. The van der Waals surface area contributed by atoms with Crippen molar-refractivity contribution in [1.29, 1.82) is 0 Å². The van der Waals surface area contributed by atoms with Gasteiger partial charge >= 0.3 is 5.97 Å². The van der Waals surface area contributed by atoms with E-state index in [4.69, 9.17) is 9.52 Å². The van der Waals surface area contributed by atoms with Crippen LogP contribution in [0.5, 0.6) is 0 Å². The van der Waals surface area contributed by atoms with Crippen LogP contribution in [0.3, 0.4) is 0 Å². The Labute approximate surface area is 117 Å². The Bertz CT molecular complexity index is 640. The Morgan fingerprint density at radius 3 is 2.70 bits per heavy atom. The van der Waals surface area contributed by atoms with Crippen LogP contribution in [-0.4, -0.2) is 29.1 Å². The molecule has 2 atom stereocenters. The van der Waals surface area contributed by atoms with Gasteiger partial charge in [-0.3, -0.25) is 0 Å². The van der Waals surface area contributed by atoms with E-state index < -0.39 is 5.97 Å². The Balaban J connectivity index is 1.94. The van der Waals surface area contributed by atoms with Crippen LogP contribution in [0, 0.1) is 11.8 Å². The number of fused-ring (bicyclic) bond motifs is 1. The molecule has 20 heavy (non-hydrogen) atoms. The lowest BCUT2D eigenvalue weighted by molar-refractivity contribution is 0.0697. The maximum absolute atomic E-state index is 11.0. The van der Waals surface area contributed by atoms with Gasteiger partial charge in [-0.25, -0.2) is 4.79 Å². The molecule has 1 aromatic heterocycles. The van der Waals surface area contributed by atoms with E-state index in [-0.39, 0.29) is 5.56 Å². The molecule has 1 N–H and O–H groups in total. The Hall–Kier alpha value is -2.04. The van der Waals surface area contributed by atoms with E-state index >= 15 is 0 Å². The minimum atomic E-state index is -0.954. The fourth-order valence-corrected chi connectivity index (χ4v) is 3.00. The molecule has 1 saturated heterocycles. The maximum atomic E-state index is 11.0. The topological polar surface area (TPSA) is 66.6 Å². The fourth-order valence-electron chi connectivity index (χ4n) is 3.00. The highest BCUT2D eigenvalue weighted by atomic mass is 16.4. The SMILES string of the molecule is CC1CC(C)CN(c2nc3ccc(C(=O)O)cc3o2)C1. The molecule has 0 radical (unpaired) electrons. The van der Waals surface area contributed by atoms with Crippen LogP contribution in [0.1, 0.15) is 30.6 Å². The van der Waals surface area contributed by atoms with Crippen LogP contribution in [0.4, 0.5) is 6.01 Å². The average molecular weight is 274 g/mol. The molecule has 5 nitrogen and oxygen atoms in total. The van der Waals surface area contributed by atoms with Crippen molar-refractivity contribution in [3.05, 3.63) is 23.8 Å². The van der Waals surface area contributed by atoms with Gasteiger partial charge in [-0.05, 0) is 36.5 Å². The summed E-state index contributed by atoms with van der Waals surface area (Å²) in [4.78, 5) is 17.6. The Kier molecular flexibility index (Phi) is 3.12. The van der Waals surface area contributed by atoms with Gasteiger partial charge in [0, 0.05) is 13.1 Å². The van der Waals surface area contributed by atoms with E-state index in [2.05, 4.69) is 23.7 Å². The van der Waals surface area contributed by atoms with Crippen LogP contribution in [-0.2, 0) is 0 Å². The van der Waals surface area contributed by atoms with Crippen LogP contribution in [0.25, 0.3) is 11.1 Å². The van der Waals surface area contributed by atoms with Crippen LogP contribution in [0.15, 0.2) is 22.6 Å². The predicted octanol–water partition coefficient (Wildman–Crippen LogP) is 3.01. The standard InChI is InChI=1S/C15H18N2O3/c1-9-5-10(2)8-17(7-9)15-16-12-4-3-11(14(18)19)6-13(12)20-15/h3-4,6,9-10H,5,7-8H2,1-2H3,(H,18,19). The van der Waals surface area contributed by atoms with Crippen LogP contribution >= 0.6 is 0 Å². The van der Waals surface area contributed by atoms with Gasteiger partial charge < -0.3 is 14.4 Å². The molecule has 0 saturated carbocycles. The lowest BCUT2D eigenvalue weighted by Crippen LogP contribution is -2.38. The molecule has 2 aromatic rings. The van der Waals surface area contributed by atoms with Crippen molar-refractivity contribution in [2.45, 2.75) is 20.3 Å². The summed E-state index contributed by atoms with van der Waals surface area (Å²) in [6.45, 7) is 6.33. The number of carboxylic acid groups (broad SMARTS) is 1.